The number of hydrazone groups is 1. The molecule has 1 amide bonds. The van der Waals surface area contributed by atoms with Gasteiger partial charge in [-0.1, -0.05) is 18.2 Å². The van der Waals surface area contributed by atoms with Crippen molar-refractivity contribution in [1.82, 2.24) is 15.2 Å². The number of amides is 1. The predicted octanol–water partition coefficient (Wildman–Crippen LogP) is 1.83. The van der Waals surface area contributed by atoms with Gasteiger partial charge in [0.2, 0.25) is 0 Å². The first-order valence-electron chi connectivity index (χ1n) is 6.91. The van der Waals surface area contributed by atoms with Gasteiger partial charge in [-0.25, -0.2) is 10.1 Å². The first-order valence-corrected chi connectivity index (χ1v) is 6.91. The van der Waals surface area contributed by atoms with E-state index in [2.05, 4.69) is 15.6 Å². The van der Waals surface area contributed by atoms with Crippen LogP contribution in [0.2, 0.25) is 0 Å². The highest BCUT2D eigenvalue weighted by atomic mass is 16.3. The number of aryl methyl sites for hydroxylation is 1. The van der Waals surface area contributed by atoms with E-state index in [0.717, 1.165) is 5.69 Å². The highest BCUT2D eigenvalue weighted by molar-refractivity contribution is 5.92. The summed E-state index contributed by atoms with van der Waals surface area (Å²) in [6.07, 6.45) is 2.71. The van der Waals surface area contributed by atoms with Gasteiger partial charge in [0, 0.05) is 5.69 Å². The lowest BCUT2D eigenvalue weighted by atomic mass is 10.3. The van der Waals surface area contributed by atoms with Crippen LogP contribution < -0.4 is 11.0 Å². The largest absolute Gasteiger partial charge is 0.459 e. The lowest BCUT2D eigenvalue weighted by molar-refractivity contribution is 0.0927. The Kier molecular flexibility index (Phi) is 3.92. The van der Waals surface area contributed by atoms with Crippen molar-refractivity contribution in [3.05, 3.63) is 76.1 Å². The second kappa shape index (κ2) is 6.18. The molecule has 3 aromatic rings. The van der Waals surface area contributed by atoms with E-state index in [1.165, 1.54) is 23.2 Å². The van der Waals surface area contributed by atoms with Gasteiger partial charge in [-0.3, -0.25) is 14.7 Å². The molecule has 7 nitrogen and oxygen atoms in total. The highest BCUT2D eigenvalue weighted by Gasteiger charge is 2.11. The Morgan fingerprint density at radius 2 is 2.04 bits per heavy atom. The number of aromatic nitrogens is 2. The number of carbonyl (C=O) groups excluding carboxylic acids is 1. The van der Waals surface area contributed by atoms with Crippen LogP contribution in [0.25, 0.3) is 5.69 Å². The van der Waals surface area contributed by atoms with Gasteiger partial charge in [-0.05, 0) is 31.2 Å². The van der Waals surface area contributed by atoms with Crippen LogP contribution in [0.1, 0.15) is 21.8 Å². The molecule has 0 aliphatic rings. The Morgan fingerprint density at radius 3 is 2.74 bits per heavy atom. The van der Waals surface area contributed by atoms with E-state index in [0.29, 0.717) is 11.3 Å². The Balaban J connectivity index is 1.81. The van der Waals surface area contributed by atoms with Gasteiger partial charge in [-0.2, -0.15) is 5.10 Å². The quantitative estimate of drug-likeness (QED) is 0.569. The van der Waals surface area contributed by atoms with Crippen LogP contribution in [0.3, 0.4) is 0 Å². The second-order valence-corrected chi connectivity index (χ2v) is 4.80. The highest BCUT2D eigenvalue weighted by Crippen LogP contribution is 2.05. The smallest absolute Gasteiger partial charge is 0.307 e. The van der Waals surface area contributed by atoms with E-state index >= 15 is 0 Å². The fraction of sp³-hybridized carbons (Fsp3) is 0.0625. The fourth-order valence-electron chi connectivity index (χ4n) is 2.09. The SMILES string of the molecule is Cc1[nH]n(-c2ccccc2)c(=O)c1/C=N/NC(=O)c1ccco1. The zero-order valence-corrected chi connectivity index (χ0v) is 12.3. The molecular formula is C16H14N4O3. The zero-order chi connectivity index (χ0) is 16.2. The summed E-state index contributed by atoms with van der Waals surface area (Å²) in [4.78, 5) is 24.1. The maximum Gasteiger partial charge on any atom is 0.307 e. The molecule has 0 atom stereocenters. The molecule has 1 aromatic carbocycles. The number of aromatic amines is 1. The number of para-hydroxylation sites is 1. The van der Waals surface area contributed by atoms with Gasteiger partial charge in [0.1, 0.15) is 0 Å². The van der Waals surface area contributed by atoms with Crippen molar-refractivity contribution < 1.29 is 9.21 Å². The monoisotopic (exact) mass is 310 g/mol. The van der Waals surface area contributed by atoms with Crippen molar-refractivity contribution in [1.29, 1.82) is 0 Å². The van der Waals surface area contributed by atoms with Crippen molar-refractivity contribution in [3.63, 3.8) is 0 Å². The van der Waals surface area contributed by atoms with Gasteiger partial charge in [0.25, 0.3) is 5.56 Å². The number of carbonyl (C=O) groups is 1. The van der Waals surface area contributed by atoms with Gasteiger partial charge in [0.15, 0.2) is 5.76 Å². The molecule has 2 aromatic heterocycles. The molecule has 0 saturated heterocycles. The Morgan fingerprint density at radius 1 is 1.26 bits per heavy atom. The molecule has 0 aliphatic carbocycles. The van der Waals surface area contributed by atoms with E-state index in [4.69, 9.17) is 4.42 Å². The molecule has 7 heteroatoms. The van der Waals surface area contributed by atoms with Crippen molar-refractivity contribution in [2.75, 3.05) is 0 Å². The minimum Gasteiger partial charge on any atom is -0.459 e. The molecule has 0 radical (unpaired) electrons. The van der Waals surface area contributed by atoms with E-state index in [1.54, 1.807) is 13.0 Å². The predicted molar refractivity (Wildman–Crippen MR) is 84.9 cm³/mol. The number of hydrogen-bond donors (Lipinski definition) is 2. The van der Waals surface area contributed by atoms with E-state index in [9.17, 15) is 9.59 Å². The average molecular weight is 310 g/mol. The van der Waals surface area contributed by atoms with Crippen molar-refractivity contribution in [2.45, 2.75) is 6.92 Å². The first kappa shape index (κ1) is 14.6. The molecule has 0 saturated carbocycles. The van der Waals surface area contributed by atoms with Gasteiger partial charge < -0.3 is 4.42 Å². The first-order chi connectivity index (χ1) is 11.2. The third-order valence-corrected chi connectivity index (χ3v) is 3.24. The molecule has 3 rings (SSSR count). The van der Waals surface area contributed by atoms with Crippen LogP contribution >= 0.6 is 0 Å². The molecule has 0 spiro atoms. The number of H-pyrrole nitrogens is 1. The van der Waals surface area contributed by atoms with Crippen LogP contribution in [0, 0.1) is 6.92 Å². The van der Waals surface area contributed by atoms with Crippen LogP contribution in [0.4, 0.5) is 0 Å². The minimum absolute atomic E-state index is 0.148. The summed E-state index contributed by atoms with van der Waals surface area (Å²) >= 11 is 0. The van der Waals surface area contributed by atoms with E-state index < -0.39 is 5.91 Å². The zero-order valence-electron chi connectivity index (χ0n) is 12.3. The molecule has 0 unspecified atom stereocenters. The molecular weight excluding hydrogens is 296 g/mol. The van der Waals surface area contributed by atoms with Crippen molar-refractivity contribution in [2.24, 2.45) is 5.10 Å². The van der Waals surface area contributed by atoms with E-state index in [-0.39, 0.29) is 11.3 Å². The molecule has 0 bridgehead atoms. The molecule has 116 valence electrons. The van der Waals surface area contributed by atoms with Gasteiger partial charge >= 0.3 is 5.91 Å². The molecule has 23 heavy (non-hydrogen) atoms. The molecule has 2 heterocycles. The third kappa shape index (κ3) is 2.98. The second-order valence-electron chi connectivity index (χ2n) is 4.80. The number of nitrogens with zero attached hydrogens (tertiary/aromatic N) is 2. The number of nitrogens with one attached hydrogen (secondary N) is 2. The van der Waals surface area contributed by atoms with Crippen LogP contribution in [0.15, 0.2) is 63.0 Å². The maximum atomic E-state index is 12.4. The standard InChI is InChI=1S/C16H14N4O3/c1-11-13(10-17-18-15(21)14-8-5-9-23-14)16(22)20(19-11)12-6-3-2-4-7-12/h2-10,19H,1H3,(H,18,21)/b17-10+. The number of rotatable bonds is 4. The summed E-state index contributed by atoms with van der Waals surface area (Å²) in [6, 6.07) is 12.3. The van der Waals surface area contributed by atoms with E-state index in [1.807, 2.05) is 30.3 Å². The molecule has 0 aliphatic heterocycles. The lowest BCUT2D eigenvalue weighted by Crippen LogP contribution is -2.19. The molecule has 0 fully saturated rings. The third-order valence-electron chi connectivity index (χ3n) is 3.24. The summed E-state index contributed by atoms with van der Waals surface area (Å²) in [5.41, 5.74) is 3.81. The number of hydrogen-bond acceptors (Lipinski definition) is 4. The summed E-state index contributed by atoms with van der Waals surface area (Å²) in [6.45, 7) is 1.76. The van der Waals surface area contributed by atoms with Crippen molar-refractivity contribution in [3.8, 4) is 5.69 Å². The summed E-state index contributed by atoms with van der Waals surface area (Å²) in [5.74, 6) is -0.336. The number of benzene rings is 1. The average Bonchev–Trinajstić information content (AvgIpc) is 3.19. The minimum atomic E-state index is -0.483. The Bertz CT molecular complexity index is 889. The summed E-state index contributed by atoms with van der Waals surface area (Å²) < 4.78 is 6.37. The summed E-state index contributed by atoms with van der Waals surface area (Å²) in [5, 5.41) is 6.78. The van der Waals surface area contributed by atoms with Crippen molar-refractivity contribution >= 4 is 12.1 Å². The summed E-state index contributed by atoms with van der Waals surface area (Å²) in [7, 11) is 0. The van der Waals surface area contributed by atoms with Crippen LogP contribution in [-0.2, 0) is 0 Å². The fourth-order valence-corrected chi connectivity index (χ4v) is 2.09. The topological polar surface area (TPSA) is 92.4 Å². The Labute approximate surface area is 131 Å². The van der Waals surface area contributed by atoms with Crippen LogP contribution in [0.5, 0.6) is 0 Å². The molecule has 2 N–H and O–H groups in total. The maximum absolute atomic E-state index is 12.4. The lowest BCUT2D eigenvalue weighted by Gasteiger charge is -1.99. The number of furan rings is 1. The van der Waals surface area contributed by atoms with Gasteiger partial charge in [-0.15, -0.1) is 0 Å². The Hall–Kier alpha value is -3.35. The van der Waals surface area contributed by atoms with Crippen LogP contribution in [-0.4, -0.2) is 21.9 Å². The van der Waals surface area contributed by atoms with Gasteiger partial charge in [0.05, 0.1) is 23.7 Å². The normalized spacial score (nSPS) is 11.0.